The summed E-state index contributed by atoms with van der Waals surface area (Å²) in [4.78, 5) is 12.4. The van der Waals surface area contributed by atoms with Crippen molar-refractivity contribution in [3.05, 3.63) is 17.0 Å². The summed E-state index contributed by atoms with van der Waals surface area (Å²) in [6.45, 7) is 4.66. The van der Waals surface area contributed by atoms with Crippen molar-refractivity contribution in [3.63, 3.8) is 0 Å². The molecule has 0 bridgehead atoms. The number of nitrogens with zero attached hydrogens (tertiary/aromatic N) is 2. The van der Waals surface area contributed by atoms with Crippen molar-refractivity contribution in [2.24, 2.45) is 0 Å². The van der Waals surface area contributed by atoms with E-state index in [1.807, 2.05) is 6.92 Å². The number of hydrogen-bond acceptors (Lipinski definition) is 4. The molecule has 0 radical (unpaired) electrons. The van der Waals surface area contributed by atoms with E-state index in [0.29, 0.717) is 38.4 Å². The second-order valence-corrected chi connectivity index (χ2v) is 4.89. The van der Waals surface area contributed by atoms with E-state index in [1.54, 1.807) is 4.68 Å². The van der Waals surface area contributed by atoms with Crippen molar-refractivity contribution < 1.29 is 14.6 Å². The fourth-order valence-corrected chi connectivity index (χ4v) is 2.51. The number of nitrogens with one attached hydrogen (secondary N) is 1. The number of carbonyl (C=O) groups excluding carboxylic acids is 1. The molecule has 0 atom stereocenters. The van der Waals surface area contributed by atoms with Gasteiger partial charge in [-0.15, -0.1) is 0 Å². The van der Waals surface area contributed by atoms with Crippen LogP contribution >= 0.6 is 0 Å². The predicted octanol–water partition coefficient (Wildman–Crippen LogP) is 0.520. The van der Waals surface area contributed by atoms with Crippen LogP contribution < -0.4 is 5.32 Å². The summed E-state index contributed by atoms with van der Waals surface area (Å²) in [6.07, 6.45) is 2.94. The third-order valence-corrected chi connectivity index (χ3v) is 3.46. The highest BCUT2D eigenvalue weighted by molar-refractivity contribution is 5.94. The van der Waals surface area contributed by atoms with Crippen LogP contribution in [0, 0.1) is 0 Å². The number of aromatic nitrogens is 2. The topological polar surface area (TPSA) is 76.4 Å². The van der Waals surface area contributed by atoms with E-state index in [-0.39, 0.29) is 12.5 Å². The Bertz CT molecular complexity index is 457. The van der Waals surface area contributed by atoms with E-state index in [2.05, 4.69) is 10.4 Å². The van der Waals surface area contributed by atoms with Crippen LogP contribution in [0.15, 0.2) is 0 Å². The molecule has 1 aromatic rings. The smallest absolute Gasteiger partial charge is 0.269 e. The maximum absolute atomic E-state index is 12.4. The first-order valence-corrected chi connectivity index (χ1v) is 7.33. The molecule has 20 heavy (non-hydrogen) atoms. The first kappa shape index (κ1) is 15.0. The van der Waals surface area contributed by atoms with Gasteiger partial charge in [0.15, 0.2) is 0 Å². The molecule has 1 aliphatic heterocycles. The lowest BCUT2D eigenvalue weighted by molar-refractivity contribution is 0.0934. The second kappa shape index (κ2) is 7.40. The molecule has 0 saturated carbocycles. The standard InChI is InChI=1S/C14H23N3O3/c1-2-17-13-11(12(16-17)6-8-18)5-3-9-20-10-4-7-15-14(13)19/h18H,2-10H2,1H3,(H,15,19). The third kappa shape index (κ3) is 3.37. The number of ether oxygens (including phenoxy) is 1. The molecule has 0 fully saturated rings. The zero-order valence-electron chi connectivity index (χ0n) is 12.0. The van der Waals surface area contributed by atoms with Gasteiger partial charge in [0.05, 0.1) is 5.69 Å². The molecule has 1 aromatic heterocycles. The summed E-state index contributed by atoms with van der Waals surface area (Å²) < 4.78 is 7.27. The van der Waals surface area contributed by atoms with Crippen molar-refractivity contribution in [2.45, 2.75) is 39.2 Å². The van der Waals surface area contributed by atoms with Crippen LogP contribution in [-0.2, 0) is 24.1 Å². The van der Waals surface area contributed by atoms with Gasteiger partial charge in [0.2, 0.25) is 0 Å². The summed E-state index contributed by atoms with van der Waals surface area (Å²) >= 11 is 0. The Morgan fingerprint density at radius 2 is 2.20 bits per heavy atom. The molecular formula is C14H23N3O3. The lowest BCUT2D eigenvalue weighted by Crippen LogP contribution is -2.28. The lowest BCUT2D eigenvalue weighted by atomic mass is 10.0. The van der Waals surface area contributed by atoms with E-state index in [1.165, 1.54) is 0 Å². The maximum Gasteiger partial charge on any atom is 0.269 e. The minimum atomic E-state index is -0.0690. The Balaban J connectivity index is 2.35. The van der Waals surface area contributed by atoms with E-state index in [4.69, 9.17) is 9.84 Å². The van der Waals surface area contributed by atoms with Crippen LogP contribution in [0.4, 0.5) is 0 Å². The number of fused-ring (bicyclic) bond motifs is 1. The molecule has 2 N–H and O–H groups in total. The number of amides is 1. The molecule has 0 aromatic carbocycles. The number of hydrogen-bond donors (Lipinski definition) is 2. The fraction of sp³-hybridized carbons (Fsp3) is 0.714. The van der Waals surface area contributed by atoms with Crippen molar-refractivity contribution in [3.8, 4) is 0 Å². The average Bonchev–Trinajstić information content (AvgIpc) is 2.77. The molecule has 112 valence electrons. The SMILES string of the molecule is CCn1nc(CCO)c2c1C(=O)NCCCOCCC2. The average molecular weight is 281 g/mol. The number of aryl methyl sites for hydroxylation is 1. The first-order valence-electron chi connectivity index (χ1n) is 7.33. The molecule has 0 unspecified atom stereocenters. The highest BCUT2D eigenvalue weighted by Gasteiger charge is 2.22. The fourth-order valence-electron chi connectivity index (χ4n) is 2.51. The van der Waals surface area contributed by atoms with Crippen LogP contribution in [0.25, 0.3) is 0 Å². The molecule has 0 spiro atoms. The van der Waals surface area contributed by atoms with Crippen LogP contribution in [0.5, 0.6) is 0 Å². The van der Waals surface area contributed by atoms with Crippen molar-refractivity contribution >= 4 is 5.91 Å². The molecule has 6 heteroatoms. The summed E-state index contributed by atoms with van der Waals surface area (Å²) in [7, 11) is 0. The van der Waals surface area contributed by atoms with Gasteiger partial charge in [-0.2, -0.15) is 5.10 Å². The van der Waals surface area contributed by atoms with E-state index >= 15 is 0 Å². The largest absolute Gasteiger partial charge is 0.396 e. The van der Waals surface area contributed by atoms with Gasteiger partial charge >= 0.3 is 0 Å². The maximum atomic E-state index is 12.4. The summed E-state index contributed by atoms with van der Waals surface area (Å²) in [5.74, 6) is -0.0690. The van der Waals surface area contributed by atoms with Crippen molar-refractivity contribution in [2.75, 3.05) is 26.4 Å². The van der Waals surface area contributed by atoms with E-state index < -0.39 is 0 Å². The summed E-state index contributed by atoms with van der Waals surface area (Å²) in [6, 6.07) is 0. The zero-order valence-corrected chi connectivity index (χ0v) is 12.0. The molecule has 0 saturated heterocycles. The third-order valence-electron chi connectivity index (χ3n) is 3.46. The van der Waals surface area contributed by atoms with Crippen LogP contribution in [0.3, 0.4) is 0 Å². The van der Waals surface area contributed by atoms with Gasteiger partial charge in [-0.05, 0) is 26.2 Å². The van der Waals surface area contributed by atoms with Crippen molar-refractivity contribution in [1.29, 1.82) is 0 Å². The van der Waals surface area contributed by atoms with Crippen LogP contribution in [0.1, 0.15) is 41.5 Å². The highest BCUT2D eigenvalue weighted by atomic mass is 16.5. The summed E-state index contributed by atoms with van der Waals surface area (Å²) in [5.41, 5.74) is 2.44. The normalized spacial score (nSPS) is 17.2. The molecule has 6 nitrogen and oxygen atoms in total. The number of aliphatic hydroxyl groups excluding tert-OH is 1. The molecule has 1 amide bonds. The van der Waals surface area contributed by atoms with E-state index in [9.17, 15) is 4.79 Å². The van der Waals surface area contributed by atoms with Crippen molar-refractivity contribution in [1.82, 2.24) is 15.1 Å². The minimum Gasteiger partial charge on any atom is -0.396 e. The van der Waals surface area contributed by atoms with Crippen LogP contribution in [0.2, 0.25) is 0 Å². The number of aliphatic hydroxyl groups is 1. The van der Waals surface area contributed by atoms with Crippen LogP contribution in [-0.4, -0.2) is 47.2 Å². The highest BCUT2D eigenvalue weighted by Crippen LogP contribution is 2.18. The Morgan fingerprint density at radius 3 is 2.95 bits per heavy atom. The van der Waals surface area contributed by atoms with E-state index in [0.717, 1.165) is 30.5 Å². The monoisotopic (exact) mass is 281 g/mol. The second-order valence-electron chi connectivity index (χ2n) is 4.89. The lowest BCUT2D eigenvalue weighted by Gasteiger charge is -2.08. The van der Waals surface area contributed by atoms with Gasteiger partial charge in [-0.3, -0.25) is 9.48 Å². The number of carbonyl (C=O) groups is 1. The first-order chi connectivity index (χ1) is 9.77. The Morgan fingerprint density at radius 1 is 1.40 bits per heavy atom. The molecule has 2 heterocycles. The Labute approximate surface area is 119 Å². The predicted molar refractivity (Wildman–Crippen MR) is 74.8 cm³/mol. The van der Waals surface area contributed by atoms with Gasteiger partial charge in [0, 0.05) is 44.9 Å². The Hall–Kier alpha value is -1.40. The van der Waals surface area contributed by atoms with Gasteiger partial charge in [-0.1, -0.05) is 0 Å². The van der Waals surface area contributed by atoms with Gasteiger partial charge in [0.1, 0.15) is 5.69 Å². The van der Waals surface area contributed by atoms with Gasteiger partial charge in [-0.25, -0.2) is 0 Å². The quantitative estimate of drug-likeness (QED) is 0.847. The molecule has 2 rings (SSSR count). The molecular weight excluding hydrogens is 258 g/mol. The molecule has 0 aliphatic carbocycles. The number of rotatable bonds is 3. The van der Waals surface area contributed by atoms with Gasteiger partial charge < -0.3 is 15.2 Å². The summed E-state index contributed by atoms with van der Waals surface area (Å²) in [5, 5.41) is 16.6. The minimum absolute atomic E-state index is 0.0469. The van der Waals surface area contributed by atoms with Gasteiger partial charge in [0.25, 0.3) is 5.91 Å². The zero-order chi connectivity index (χ0) is 14.4. The Kier molecular flexibility index (Phi) is 5.55. The molecule has 1 aliphatic rings.